The molecule has 0 aromatic carbocycles. The highest BCUT2D eigenvalue weighted by atomic mass is 32.1. The number of nitrogens with one attached hydrogen (secondary N) is 1. The molecule has 1 aromatic heterocycles. The summed E-state index contributed by atoms with van der Waals surface area (Å²) in [6.07, 6.45) is 4.74. The predicted molar refractivity (Wildman–Crippen MR) is 71.9 cm³/mol. The minimum Gasteiger partial charge on any atom is -0.394 e. The van der Waals surface area contributed by atoms with E-state index in [1.807, 2.05) is 31.4 Å². The van der Waals surface area contributed by atoms with Crippen LogP contribution < -0.4 is 5.32 Å². The van der Waals surface area contributed by atoms with Crippen LogP contribution in [0.5, 0.6) is 0 Å². The van der Waals surface area contributed by atoms with Crippen molar-refractivity contribution in [2.75, 3.05) is 6.61 Å². The van der Waals surface area contributed by atoms with Crippen LogP contribution >= 0.6 is 11.3 Å². The molecule has 94 valence electrons. The second-order valence-corrected chi connectivity index (χ2v) is 4.96. The standard InChI is InChI=1S/C13H19NO2S/c1-3-13(4-2,10-15)14-12(16)8-7-11-6-5-9-17-11/h5-9,15H,3-4,10H2,1-2H3,(H,14,16). The van der Waals surface area contributed by atoms with Crippen molar-refractivity contribution in [2.45, 2.75) is 32.2 Å². The highest BCUT2D eigenvalue weighted by Gasteiger charge is 2.26. The molecule has 0 radical (unpaired) electrons. The van der Waals surface area contributed by atoms with E-state index in [-0.39, 0.29) is 12.5 Å². The third-order valence-corrected chi connectivity index (χ3v) is 3.82. The quantitative estimate of drug-likeness (QED) is 0.765. The van der Waals surface area contributed by atoms with E-state index in [1.54, 1.807) is 17.4 Å². The van der Waals surface area contributed by atoms with Gasteiger partial charge >= 0.3 is 0 Å². The van der Waals surface area contributed by atoms with Crippen LogP contribution in [0.15, 0.2) is 23.6 Å². The molecule has 0 bridgehead atoms. The Labute approximate surface area is 106 Å². The summed E-state index contributed by atoms with van der Waals surface area (Å²) in [4.78, 5) is 12.8. The van der Waals surface area contributed by atoms with Crippen LogP contribution in [-0.2, 0) is 4.79 Å². The Bertz CT molecular complexity index is 359. The smallest absolute Gasteiger partial charge is 0.244 e. The molecule has 0 spiro atoms. The van der Waals surface area contributed by atoms with Gasteiger partial charge in [0.1, 0.15) is 0 Å². The van der Waals surface area contributed by atoms with Crippen LogP contribution in [0.3, 0.4) is 0 Å². The number of thiophene rings is 1. The average Bonchev–Trinajstić information content (AvgIpc) is 2.87. The minimum absolute atomic E-state index is 0.0292. The molecule has 0 saturated heterocycles. The van der Waals surface area contributed by atoms with Gasteiger partial charge in [0.05, 0.1) is 12.1 Å². The Balaban J connectivity index is 2.59. The second kappa shape index (κ2) is 6.57. The normalized spacial score (nSPS) is 11.9. The fourth-order valence-electron chi connectivity index (χ4n) is 1.54. The first-order chi connectivity index (χ1) is 8.15. The van der Waals surface area contributed by atoms with E-state index >= 15 is 0 Å². The molecule has 3 nitrogen and oxygen atoms in total. The van der Waals surface area contributed by atoms with E-state index in [4.69, 9.17) is 0 Å². The van der Waals surface area contributed by atoms with Crippen LogP contribution in [0.1, 0.15) is 31.6 Å². The second-order valence-electron chi connectivity index (χ2n) is 3.98. The summed E-state index contributed by atoms with van der Waals surface area (Å²) in [6, 6.07) is 3.89. The number of hydrogen-bond donors (Lipinski definition) is 2. The van der Waals surface area contributed by atoms with Crippen molar-refractivity contribution in [3.63, 3.8) is 0 Å². The molecule has 1 aromatic rings. The van der Waals surface area contributed by atoms with E-state index in [0.717, 1.165) is 17.7 Å². The zero-order valence-electron chi connectivity index (χ0n) is 10.3. The summed E-state index contributed by atoms with van der Waals surface area (Å²) in [5, 5.41) is 14.2. The first-order valence-corrected chi connectivity index (χ1v) is 6.68. The van der Waals surface area contributed by atoms with Gasteiger partial charge in [-0.2, -0.15) is 0 Å². The molecular formula is C13H19NO2S. The van der Waals surface area contributed by atoms with Crippen molar-refractivity contribution < 1.29 is 9.90 Å². The summed E-state index contributed by atoms with van der Waals surface area (Å²) in [5.41, 5.74) is -0.489. The predicted octanol–water partition coefficient (Wildman–Crippen LogP) is 2.43. The Hall–Kier alpha value is -1.13. The van der Waals surface area contributed by atoms with E-state index in [0.29, 0.717) is 0 Å². The molecule has 1 rings (SSSR count). The van der Waals surface area contributed by atoms with E-state index in [9.17, 15) is 9.90 Å². The Morgan fingerprint density at radius 3 is 2.71 bits per heavy atom. The van der Waals surface area contributed by atoms with Gasteiger partial charge < -0.3 is 10.4 Å². The van der Waals surface area contributed by atoms with Gasteiger partial charge in [-0.3, -0.25) is 4.79 Å². The molecule has 2 N–H and O–H groups in total. The lowest BCUT2D eigenvalue weighted by Crippen LogP contribution is -2.49. The highest BCUT2D eigenvalue weighted by molar-refractivity contribution is 7.10. The molecule has 0 aliphatic heterocycles. The molecule has 0 atom stereocenters. The molecule has 0 unspecified atom stereocenters. The van der Waals surface area contributed by atoms with Crippen molar-refractivity contribution >= 4 is 23.3 Å². The van der Waals surface area contributed by atoms with E-state index < -0.39 is 5.54 Å². The number of aliphatic hydroxyl groups is 1. The fourth-order valence-corrected chi connectivity index (χ4v) is 2.15. The Kier molecular flexibility index (Phi) is 5.38. The molecule has 1 amide bonds. The van der Waals surface area contributed by atoms with E-state index in [2.05, 4.69) is 5.32 Å². The summed E-state index contributed by atoms with van der Waals surface area (Å²) in [7, 11) is 0. The van der Waals surface area contributed by atoms with Gasteiger partial charge in [-0.25, -0.2) is 0 Å². The van der Waals surface area contributed by atoms with Gasteiger partial charge in [0.25, 0.3) is 0 Å². The van der Waals surface area contributed by atoms with Crippen molar-refractivity contribution in [1.82, 2.24) is 5.32 Å². The van der Waals surface area contributed by atoms with Crippen LogP contribution in [0.25, 0.3) is 6.08 Å². The topological polar surface area (TPSA) is 49.3 Å². The maximum absolute atomic E-state index is 11.7. The lowest BCUT2D eigenvalue weighted by molar-refractivity contribution is -0.119. The van der Waals surface area contributed by atoms with E-state index in [1.165, 1.54) is 6.08 Å². The highest BCUT2D eigenvalue weighted by Crippen LogP contribution is 2.14. The number of rotatable bonds is 6. The van der Waals surface area contributed by atoms with Crippen molar-refractivity contribution in [3.05, 3.63) is 28.5 Å². The molecule has 17 heavy (non-hydrogen) atoms. The third-order valence-electron chi connectivity index (χ3n) is 2.99. The van der Waals surface area contributed by atoms with Crippen molar-refractivity contribution in [2.24, 2.45) is 0 Å². The summed E-state index contributed by atoms with van der Waals surface area (Å²) >= 11 is 1.58. The molecule has 0 aliphatic rings. The van der Waals surface area contributed by atoms with Crippen LogP contribution in [0.4, 0.5) is 0 Å². The maximum Gasteiger partial charge on any atom is 0.244 e. The van der Waals surface area contributed by atoms with Crippen LogP contribution in [0.2, 0.25) is 0 Å². The van der Waals surface area contributed by atoms with Crippen LogP contribution in [-0.4, -0.2) is 23.2 Å². The van der Waals surface area contributed by atoms with Gasteiger partial charge in [0, 0.05) is 11.0 Å². The summed E-state index contributed by atoms with van der Waals surface area (Å²) in [6.45, 7) is 3.89. The Morgan fingerprint density at radius 1 is 1.53 bits per heavy atom. The SMILES string of the molecule is CCC(CC)(CO)NC(=O)C=Cc1cccs1. The monoisotopic (exact) mass is 253 g/mol. The Morgan fingerprint density at radius 2 is 2.24 bits per heavy atom. The lowest BCUT2D eigenvalue weighted by Gasteiger charge is -2.30. The molecule has 0 fully saturated rings. The lowest BCUT2D eigenvalue weighted by atomic mass is 9.94. The molecule has 0 aliphatic carbocycles. The van der Waals surface area contributed by atoms with Crippen LogP contribution in [0, 0.1) is 0 Å². The first-order valence-electron chi connectivity index (χ1n) is 5.80. The van der Waals surface area contributed by atoms with Gasteiger partial charge in [0.2, 0.25) is 5.91 Å². The maximum atomic E-state index is 11.7. The summed E-state index contributed by atoms with van der Waals surface area (Å²) < 4.78 is 0. The number of carbonyl (C=O) groups excluding carboxylic acids is 1. The largest absolute Gasteiger partial charge is 0.394 e. The van der Waals surface area contributed by atoms with Gasteiger partial charge in [-0.05, 0) is 30.4 Å². The molecule has 1 heterocycles. The number of amides is 1. The molecular weight excluding hydrogens is 234 g/mol. The third kappa shape index (κ3) is 3.98. The number of hydrogen-bond acceptors (Lipinski definition) is 3. The van der Waals surface area contributed by atoms with Crippen molar-refractivity contribution in [1.29, 1.82) is 0 Å². The average molecular weight is 253 g/mol. The zero-order chi connectivity index (χ0) is 12.7. The molecule has 0 saturated carbocycles. The first kappa shape index (κ1) is 13.9. The van der Waals surface area contributed by atoms with Crippen molar-refractivity contribution in [3.8, 4) is 0 Å². The zero-order valence-corrected chi connectivity index (χ0v) is 11.1. The summed E-state index contributed by atoms with van der Waals surface area (Å²) in [5.74, 6) is -0.156. The van der Waals surface area contributed by atoms with Gasteiger partial charge in [-0.1, -0.05) is 19.9 Å². The minimum atomic E-state index is -0.489. The fraction of sp³-hybridized carbons (Fsp3) is 0.462. The number of aliphatic hydroxyl groups excluding tert-OH is 1. The van der Waals surface area contributed by atoms with Gasteiger partial charge in [0.15, 0.2) is 0 Å². The van der Waals surface area contributed by atoms with Gasteiger partial charge in [-0.15, -0.1) is 11.3 Å². The molecule has 4 heteroatoms. The number of carbonyl (C=O) groups is 1.